The fourth-order valence-electron chi connectivity index (χ4n) is 1.06. The third-order valence-electron chi connectivity index (χ3n) is 2.23. The van der Waals surface area contributed by atoms with Crippen LogP contribution >= 0.6 is 0 Å². The maximum absolute atomic E-state index is 12.6. The normalized spacial score (nSPS) is 11.5. The predicted molar refractivity (Wildman–Crippen MR) is 57.0 cm³/mol. The Kier molecular flexibility index (Phi) is 3.63. The van der Waals surface area contributed by atoms with Crippen molar-refractivity contribution in [3.8, 4) is 0 Å². The van der Waals surface area contributed by atoms with Crippen molar-refractivity contribution in [2.75, 3.05) is 0 Å². The van der Waals surface area contributed by atoms with Crippen molar-refractivity contribution in [1.82, 2.24) is 4.57 Å². The average molecular weight is 197 g/mol. The van der Waals surface area contributed by atoms with Gasteiger partial charge in [-0.25, -0.2) is 4.39 Å². The minimum absolute atomic E-state index is 0.159. The van der Waals surface area contributed by atoms with Crippen LogP contribution in [0.3, 0.4) is 0 Å². The minimum atomic E-state index is -0.159. The zero-order valence-corrected chi connectivity index (χ0v) is 10.4. The summed E-state index contributed by atoms with van der Waals surface area (Å²) in [5, 5.41) is 0. The molecule has 1 aromatic carbocycles. The van der Waals surface area contributed by atoms with Gasteiger partial charge in [0.15, 0.2) is 0 Å². The summed E-state index contributed by atoms with van der Waals surface area (Å²) >= 11 is 0. The van der Waals surface area contributed by atoms with E-state index in [1.165, 1.54) is 17.7 Å². The van der Waals surface area contributed by atoms with Gasteiger partial charge in [-0.2, -0.15) is 0 Å². The summed E-state index contributed by atoms with van der Waals surface area (Å²) in [6.07, 6.45) is 0. The summed E-state index contributed by atoms with van der Waals surface area (Å²) in [6, 6.07) is 7.32. The minimum Gasteiger partial charge on any atom is -0.326 e. The van der Waals surface area contributed by atoms with Gasteiger partial charge in [-0.05, 0) is 23.7 Å². The van der Waals surface area contributed by atoms with Gasteiger partial charge in [-0.3, -0.25) is 0 Å². The Morgan fingerprint density at radius 2 is 1.85 bits per heavy atom. The van der Waals surface area contributed by atoms with Gasteiger partial charge in [0.25, 0.3) is 0 Å². The molecule has 0 aliphatic rings. The van der Waals surface area contributed by atoms with E-state index in [1.54, 1.807) is 0 Å². The van der Waals surface area contributed by atoms with Crippen LogP contribution in [0.25, 0.3) is 0 Å². The first kappa shape index (κ1) is 10.4. The van der Waals surface area contributed by atoms with Crippen molar-refractivity contribution in [3.05, 3.63) is 35.6 Å². The molecule has 3 heteroatoms. The van der Waals surface area contributed by atoms with E-state index in [4.69, 9.17) is 0 Å². The summed E-state index contributed by atoms with van der Waals surface area (Å²) in [5.74, 6) is -0.159. The van der Waals surface area contributed by atoms with Crippen LogP contribution in [-0.4, -0.2) is 21.0 Å². The van der Waals surface area contributed by atoms with E-state index in [0.717, 1.165) is 16.9 Å². The standard InChI is InChI=1S/C10H16FNSi/c1-8(2)12(13)7-9-3-5-10(11)6-4-9/h3-6,8H,7H2,1-2,13H3. The van der Waals surface area contributed by atoms with Gasteiger partial charge in [0.2, 0.25) is 0 Å². The van der Waals surface area contributed by atoms with Crippen LogP contribution in [0.5, 0.6) is 0 Å². The summed E-state index contributed by atoms with van der Waals surface area (Å²) in [7, 11) is 1.05. The molecule has 0 radical (unpaired) electrons. The molecule has 0 aliphatic heterocycles. The first-order valence-corrected chi connectivity index (χ1v) is 5.43. The van der Waals surface area contributed by atoms with Crippen molar-refractivity contribution in [3.63, 3.8) is 0 Å². The number of rotatable bonds is 3. The fraction of sp³-hybridized carbons (Fsp3) is 0.400. The Labute approximate surface area is 82.1 Å². The van der Waals surface area contributed by atoms with Crippen LogP contribution in [0.4, 0.5) is 4.39 Å². The molecular weight excluding hydrogens is 181 g/mol. The van der Waals surface area contributed by atoms with Crippen LogP contribution < -0.4 is 0 Å². The molecule has 0 N–H and O–H groups in total. The highest BCUT2D eigenvalue weighted by Gasteiger charge is 2.03. The molecule has 1 nitrogen and oxygen atoms in total. The highest BCUT2D eigenvalue weighted by molar-refractivity contribution is 6.04. The first-order chi connectivity index (χ1) is 6.09. The number of hydrogen-bond acceptors (Lipinski definition) is 1. The van der Waals surface area contributed by atoms with Crippen molar-refractivity contribution in [2.45, 2.75) is 26.4 Å². The van der Waals surface area contributed by atoms with Gasteiger partial charge in [0.05, 0.1) is 10.4 Å². The third kappa shape index (κ3) is 3.28. The number of benzene rings is 1. The molecule has 1 rings (SSSR count). The van der Waals surface area contributed by atoms with E-state index < -0.39 is 0 Å². The van der Waals surface area contributed by atoms with Crippen molar-refractivity contribution < 1.29 is 4.39 Å². The second-order valence-corrected chi connectivity index (χ2v) is 4.78. The topological polar surface area (TPSA) is 3.24 Å². The van der Waals surface area contributed by atoms with E-state index in [9.17, 15) is 4.39 Å². The van der Waals surface area contributed by atoms with E-state index in [0.29, 0.717) is 6.04 Å². The van der Waals surface area contributed by atoms with Crippen LogP contribution in [0, 0.1) is 5.82 Å². The molecule has 0 bridgehead atoms. The lowest BCUT2D eigenvalue weighted by Crippen LogP contribution is -2.27. The van der Waals surface area contributed by atoms with E-state index in [2.05, 4.69) is 18.4 Å². The largest absolute Gasteiger partial charge is 0.326 e. The quantitative estimate of drug-likeness (QED) is 0.661. The summed E-state index contributed by atoms with van der Waals surface area (Å²) in [5.41, 5.74) is 1.19. The van der Waals surface area contributed by atoms with Gasteiger partial charge in [0.1, 0.15) is 5.82 Å². The lowest BCUT2D eigenvalue weighted by molar-refractivity contribution is 0.374. The lowest BCUT2D eigenvalue weighted by atomic mass is 10.2. The Morgan fingerprint density at radius 3 is 2.31 bits per heavy atom. The molecule has 0 saturated heterocycles. The molecule has 0 spiro atoms. The van der Waals surface area contributed by atoms with Gasteiger partial charge in [-0.1, -0.05) is 26.0 Å². The number of hydrogen-bond donors (Lipinski definition) is 0. The van der Waals surface area contributed by atoms with Crippen LogP contribution in [0.2, 0.25) is 0 Å². The lowest BCUT2D eigenvalue weighted by Gasteiger charge is -2.21. The maximum atomic E-state index is 12.6. The highest BCUT2D eigenvalue weighted by atomic mass is 28.2. The maximum Gasteiger partial charge on any atom is 0.123 e. The molecule has 1 aromatic rings. The van der Waals surface area contributed by atoms with Gasteiger partial charge in [0, 0.05) is 6.54 Å². The predicted octanol–water partition coefficient (Wildman–Crippen LogP) is 1.32. The van der Waals surface area contributed by atoms with Crippen LogP contribution in [-0.2, 0) is 6.54 Å². The number of halogens is 1. The van der Waals surface area contributed by atoms with Gasteiger partial charge in [-0.15, -0.1) is 0 Å². The Morgan fingerprint density at radius 1 is 1.31 bits per heavy atom. The molecule has 13 heavy (non-hydrogen) atoms. The van der Waals surface area contributed by atoms with Crippen LogP contribution in [0.15, 0.2) is 24.3 Å². The SMILES string of the molecule is CC(C)N([SiH3])Cc1ccc(F)cc1. The molecular formula is C10H16FNSi. The fourth-order valence-corrected chi connectivity index (χ4v) is 1.43. The third-order valence-corrected chi connectivity index (χ3v) is 3.58. The van der Waals surface area contributed by atoms with Crippen LogP contribution in [0.1, 0.15) is 19.4 Å². The zero-order chi connectivity index (χ0) is 9.84. The van der Waals surface area contributed by atoms with Crippen molar-refractivity contribution in [2.24, 2.45) is 0 Å². The molecule has 0 aliphatic carbocycles. The Balaban J connectivity index is 2.59. The molecule has 0 aromatic heterocycles. The van der Waals surface area contributed by atoms with Gasteiger partial charge < -0.3 is 4.57 Å². The first-order valence-electron chi connectivity index (χ1n) is 4.54. The van der Waals surface area contributed by atoms with Gasteiger partial charge >= 0.3 is 0 Å². The Hall–Kier alpha value is -0.673. The molecule has 0 unspecified atom stereocenters. The molecule has 0 saturated carbocycles. The molecule has 72 valence electrons. The second-order valence-electron chi connectivity index (χ2n) is 3.64. The molecule has 0 heterocycles. The zero-order valence-electron chi connectivity index (χ0n) is 8.42. The highest BCUT2D eigenvalue weighted by Crippen LogP contribution is 2.06. The summed E-state index contributed by atoms with van der Waals surface area (Å²) in [6.45, 7) is 5.29. The van der Waals surface area contributed by atoms with E-state index >= 15 is 0 Å². The Bertz CT molecular complexity index is 258. The molecule has 0 fully saturated rings. The van der Waals surface area contributed by atoms with Crippen molar-refractivity contribution >= 4 is 10.4 Å². The van der Waals surface area contributed by atoms with E-state index in [-0.39, 0.29) is 5.82 Å². The summed E-state index contributed by atoms with van der Waals surface area (Å²) < 4.78 is 14.9. The smallest absolute Gasteiger partial charge is 0.123 e. The average Bonchev–Trinajstić information content (AvgIpc) is 2.08. The van der Waals surface area contributed by atoms with Crippen molar-refractivity contribution in [1.29, 1.82) is 0 Å². The molecule has 0 atom stereocenters. The van der Waals surface area contributed by atoms with E-state index in [1.807, 2.05) is 12.1 Å². The molecule has 0 amide bonds. The monoisotopic (exact) mass is 197 g/mol. The number of nitrogens with zero attached hydrogens (tertiary/aromatic N) is 1. The second kappa shape index (κ2) is 4.53. The summed E-state index contributed by atoms with van der Waals surface area (Å²) in [4.78, 5) is 0.